The zero-order valence-electron chi connectivity index (χ0n) is 15.6. The highest BCUT2D eigenvalue weighted by molar-refractivity contribution is 6.10. The maximum absolute atomic E-state index is 13.0. The van der Waals surface area contributed by atoms with E-state index in [0.717, 1.165) is 16.5 Å². The zero-order valence-corrected chi connectivity index (χ0v) is 15.6. The lowest BCUT2D eigenvalue weighted by atomic mass is 10.1. The van der Waals surface area contributed by atoms with Gasteiger partial charge in [0.1, 0.15) is 18.0 Å². The predicted octanol–water partition coefficient (Wildman–Crippen LogP) is 3.60. The van der Waals surface area contributed by atoms with Crippen molar-refractivity contribution in [1.29, 1.82) is 0 Å². The molecule has 3 aromatic rings. The number of nitrogens with one attached hydrogen (secondary N) is 1. The van der Waals surface area contributed by atoms with Gasteiger partial charge >= 0.3 is 0 Å². The number of benzene rings is 3. The number of hydrogen-bond acceptors (Lipinski definition) is 4. The van der Waals surface area contributed by atoms with Gasteiger partial charge in [0.15, 0.2) is 6.10 Å². The van der Waals surface area contributed by atoms with Gasteiger partial charge in [-0.25, -0.2) is 0 Å². The van der Waals surface area contributed by atoms with Crippen molar-refractivity contribution in [1.82, 2.24) is 0 Å². The van der Waals surface area contributed by atoms with Crippen molar-refractivity contribution >= 4 is 34.0 Å². The zero-order chi connectivity index (χ0) is 19.7. The highest BCUT2D eigenvalue weighted by Gasteiger charge is 2.30. The van der Waals surface area contributed by atoms with Crippen molar-refractivity contribution in [3.05, 3.63) is 60.7 Å². The number of amides is 2. The number of ether oxygens (including phenoxy) is 2. The highest BCUT2D eigenvalue weighted by Crippen LogP contribution is 2.30. The van der Waals surface area contributed by atoms with E-state index in [0.29, 0.717) is 17.1 Å². The van der Waals surface area contributed by atoms with Crippen LogP contribution in [-0.2, 0) is 9.59 Å². The Morgan fingerprint density at radius 1 is 1.04 bits per heavy atom. The van der Waals surface area contributed by atoms with Crippen LogP contribution in [0.1, 0.15) is 6.92 Å². The van der Waals surface area contributed by atoms with Crippen molar-refractivity contribution in [2.24, 2.45) is 0 Å². The Bertz CT molecular complexity index is 1060. The highest BCUT2D eigenvalue weighted by atomic mass is 16.5. The van der Waals surface area contributed by atoms with Crippen LogP contribution in [0.3, 0.4) is 0 Å². The normalized spacial score (nSPS) is 14.2. The first-order valence-corrected chi connectivity index (χ1v) is 9.00. The number of hydrogen-bond donors (Lipinski definition) is 1. The molecule has 28 heavy (non-hydrogen) atoms. The van der Waals surface area contributed by atoms with Crippen LogP contribution in [0.2, 0.25) is 0 Å². The third kappa shape index (κ3) is 3.36. The summed E-state index contributed by atoms with van der Waals surface area (Å²) in [6.45, 7) is 1.66. The Morgan fingerprint density at radius 3 is 2.54 bits per heavy atom. The second kappa shape index (κ2) is 7.23. The molecule has 0 saturated carbocycles. The molecular weight excluding hydrogens is 356 g/mol. The minimum absolute atomic E-state index is 0.0293. The molecule has 3 aromatic carbocycles. The number of rotatable bonds is 4. The Balaban J connectivity index is 1.57. The van der Waals surface area contributed by atoms with Gasteiger partial charge < -0.3 is 14.8 Å². The van der Waals surface area contributed by atoms with Crippen molar-refractivity contribution < 1.29 is 19.1 Å². The summed E-state index contributed by atoms with van der Waals surface area (Å²) in [6, 6.07) is 18.6. The van der Waals surface area contributed by atoms with Crippen LogP contribution in [0.15, 0.2) is 60.7 Å². The quantitative estimate of drug-likeness (QED) is 0.755. The molecular formula is C22H20N2O4. The average Bonchev–Trinajstić information content (AvgIpc) is 2.71. The Morgan fingerprint density at radius 2 is 1.75 bits per heavy atom. The van der Waals surface area contributed by atoms with Gasteiger partial charge in [-0.05, 0) is 54.1 Å². The van der Waals surface area contributed by atoms with E-state index in [1.54, 1.807) is 20.1 Å². The van der Waals surface area contributed by atoms with Crippen LogP contribution < -0.4 is 19.7 Å². The van der Waals surface area contributed by atoms with E-state index >= 15 is 0 Å². The van der Waals surface area contributed by atoms with Gasteiger partial charge in [-0.3, -0.25) is 14.5 Å². The summed E-state index contributed by atoms with van der Waals surface area (Å²) in [6.07, 6.45) is -0.748. The maximum atomic E-state index is 13.0. The summed E-state index contributed by atoms with van der Waals surface area (Å²) in [5.74, 6) is 0.839. The summed E-state index contributed by atoms with van der Waals surface area (Å²) < 4.78 is 11.2. The molecule has 0 bridgehead atoms. The average molecular weight is 376 g/mol. The van der Waals surface area contributed by atoms with E-state index in [2.05, 4.69) is 5.32 Å². The number of carbonyl (C=O) groups is 2. The first-order chi connectivity index (χ1) is 13.5. The van der Waals surface area contributed by atoms with Gasteiger partial charge in [-0.2, -0.15) is 0 Å². The molecule has 0 aliphatic carbocycles. The van der Waals surface area contributed by atoms with E-state index in [4.69, 9.17) is 9.47 Å². The monoisotopic (exact) mass is 376 g/mol. The Kier molecular flexibility index (Phi) is 4.61. The van der Waals surface area contributed by atoms with Crippen LogP contribution in [0.4, 0.5) is 11.4 Å². The standard InChI is InChI=1S/C22H20N2O4/c1-14(22(26)24-13-21(25)23-19-5-3-4-6-20(19)24)28-18-10-8-15-7-9-17(27-2)11-16(15)12-18/h3-12,14H,13H2,1-2H3,(H,23,25)/t14-/m0/s1. The lowest BCUT2D eigenvalue weighted by Gasteiger charge is -2.31. The van der Waals surface area contributed by atoms with E-state index < -0.39 is 6.10 Å². The minimum Gasteiger partial charge on any atom is -0.497 e. The molecule has 1 aliphatic rings. The third-order valence-corrected chi connectivity index (χ3v) is 4.72. The molecule has 0 radical (unpaired) electrons. The third-order valence-electron chi connectivity index (χ3n) is 4.72. The van der Waals surface area contributed by atoms with Gasteiger partial charge in [0.05, 0.1) is 18.5 Å². The number of fused-ring (bicyclic) bond motifs is 2. The van der Waals surface area contributed by atoms with Crippen LogP contribution in [-0.4, -0.2) is 31.6 Å². The first kappa shape index (κ1) is 17.9. The molecule has 4 rings (SSSR count). The van der Waals surface area contributed by atoms with Gasteiger partial charge in [0.2, 0.25) is 5.91 Å². The number of methoxy groups -OCH3 is 1. The molecule has 6 heteroatoms. The summed E-state index contributed by atoms with van der Waals surface area (Å²) in [5.41, 5.74) is 1.29. The fraction of sp³-hybridized carbons (Fsp3) is 0.182. The molecule has 0 fully saturated rings. The van der Waals surface area contributed by atoms with E-state index in [-0.39, 0.29) is 18.4 Å². The van der Waals surface area contributed by atoms with E-state index in [1.165, 1.54) is 4.90 Å². The second-order valence-electron chi connectivity index (χ2n) is 6.62. The molecule has 1 N–H and O–H groups in total. The van der Waals surface area contributed by atoms with E-state index in [9.17, 15) is 9.59 Å². The largest absolute Gasteiger partial charge is 0.497 e. The van der Waals surface area contributed by atoms with E-state index in [1.807, 2.05) is 54.6 Å². The van der Waals surface area contributed by atoms with Crippen molar-refractivity contribution in [3.63, 3.8) is 0 Å². The van der Waals surface area contributed by atoms with Crippen LogP contribution in [0.5, 0.6) is 11.5 Å². The molecule has 6 nitrogen and oxygen atoms in total. The second-order valence-corrected chi connectivity index (χ2v) is 6.62. The lowest BCUT2D eigenvalue weighted by Crippen LogP contribution is -2.47. The minimum atomic E-state index is -0.748. The molecule has 142 valence electrons. The fourth-order valence-electron chi connectivity index (χ4n) is 3.31. The topological polar surface area (TPSA) is 67.9 Å². The van der Waals surface area contributed by atoms with Crippen molar-refractivity contribution in [2.75, 3.05) is 23.9 Å². The molecule has 0 unspecified atom stereocenters. The molecule has 0 saturated heterocycles. The van der Waals surface area contributed by atoms with Crippen molar-refractivity contribution in [3.8, 4) is 11.5 Å². The molecule has 1 aliphatic heterocycles. The molecule has 1 atom stereocenters. The predicted molar refractivity (Wildman–Crippen MR) is 108 cm³/mol. The maximum Gasteiger partial charge on any atom is 0.268 e. The summed E-state index contributed by atoms with van der Waals surface area (Å²) in [4.78, 5) is 26.4. The Labute approximate surface area is 162 Å². The fourth-order valence-corrected chi connectivity index (χ4v) is 3.31. The van der Waals surface area contributed by atoms with Crippen LogP contribution in [0, 0.1) is 0 Å². The molecule has 0 spiro atoms. The molecule has 2 amide bonds. The van der Waals surface area contributed by atoms with Gasteiger partial charge in [0.25, 0.3) is 5.91 Å². The van der Waals surface area contributed by atoms with Crippen LogP contribution >= 0.6 is 0 Å². The summed E-state index contributed by atoms with van der Waals surface area (Å²) in [5, 5.41) is 4.79. The number of anilines is 2. The van der Waals surface area contributed by atoms with Gasteiger partial charge in [0, 0.05) is 0 Å². The SMILES string of the molecule is COc1ccc2ccc(O[C@@H](C)C(=O)N3CC(=O)Nc4ccccc43)cc2c1. The summed E-state index contributed by atoms with van der Waals surface area (Å²) >= 11 is 0. The lowest BCUT2D eigenvalue weighted by molar-refractivity contribution is -0.126. The molecule has 0 aromatic heterocycles. The smallest absolute Gasteiger partial charge is 0.268 e. The number of carbonyl (C=O) groups excluding carboxylic acids is 2. The van der Waals surface area contributed by atoms with Gasteiger partial charge in [-0.1, -0.05) is 24.3 Å². The van der Waals surface area contributed by atoms with Crippen molar-refractivity contribution in [2.45, 2.75) is 13.0 Å². The first-order valence-electron chi connectivity index (χ1n) is 9.00. The summed E-state index contributed by atoms with van der Waals surface area (Å²) in [7, 11) is 1.62. The van der Waals surface area contributed by atoms with Crippen LogP contribution in [0.25, 0.3) is 10.8 Å². The number of nitrogens with zero attached hydrogens (tertiary/aromatic N) is 1. The Hall–Kier alpha value is -3.54. The van der Waals surface area contributed by atoms with Gasteiger partial charge in [-0.15, -0.1) is 0 Å². The number of para-hydroxylation sites is 2. The molecule has 1 heterocycles.